The van der Waals surface area contributed by atoms with Gasteiger partial charge in [0, 0.05) is 18.6 Å². The van der Waals surface area contributed by atoms with Crippen LogP contribution in [-0.4, -0.2) is 108 Å². The van der Waals surface area contributed by atoms with Gasteiger partial charge in [0.1, 0.15) is 30.2 Å². The number of benzene rings is 1. The first-order valence-corrected chi connectivity index (χ1v) is 18.2. The highest BCUT2D eigenvalue weighted by atomic mass is 16.4. The first kappa shape index (κ1) is 48.7. The molecule has 12 N–H and O–H groups in total. The Kier molecular flexibility index (Phi) is 20.7. The summed E-state index contributed by atoms with van der Waals surface area (Å²) in [6.45, 7) is 8.87. The summed E-state index contributed by atoms with van der Waals surface area (Å²) >= 11 is 0. The number of nitrogens with one attached hydrogen (secondary N) is 7. The van der Waals surface area contributed by atoms with E-state index in [1.165, 1.54) is 0 Å². The summed E-state index contributed by atoms with van der Waals surface area (Å²) in [4.78, 5) is 125. The molecular formula is C37H55N9O11. The number of rotatable bonds is 24. The Morgan fingerprint density at radius 2 is 1.16 bits per heavy atom. The normalized spacial score (nSPS) is 14.2. The van der Waals surface area contributed by atoms with Crippen LogP contribution in [0.3, 0.4) is 0 Å². The molecule has 20 heteroatoms. The Morgan fingerprint density at radius 3 is 1.68 bits per heavy atom. The van der Waals surface area contributed by atoms with E-state index in [0.717, 1.165) is 6.08 Å². The molecule has 0 radical (unpaired) electrons. The van der Waals surface area contributed by atoms with Crippen LogP contribution in [0.25, 0.3) is 0 Å². The quantitative estimate of drug-likeness (QED) is 0.0478. The van der Waals surface area contributed by atoms with Crippen LogP contribution in [0.2, 0.25) is 0 Å². The lowest BCUT2D eigenvalue weighted by atomic mass is 9.95. The number of hydrogen-bond donors (Lipinski definition) is 10. The predicted octanol–water partition coefficient (Wildman–Crippen LogP) is -2.75. The second-order valence-corrected chi connectivity index (χ2v) is 13.9. The van der Waals surface area contributed by atoms with Crippen molar-refractivity contribution in [3.8, 4) is 0 Å². The second kappa shape index (κ2) is 24.2. The third kappa shape index (κ3) is 18.2. The SMILES string of the molecule is CC[C@H](C)[C@H](NC(=O)[C@H](CC(N)=O)NC(=O)/C=C/C(=O)NCC(=O)NCC(=O)N[C@@H](Cc1ccccc1)C(=O)O)C(=O)N[C@H](C(=O)N[C@H](C(N)=O)C(C)C)C(C)C. The lowest BCUT2D eigenvalue weighted by Gasteiger charge is -2.30. The molecule has 0 fully saturated rings. The maximum absolute atomic E-state index is 13.5. The summed E-state index contributed by atoms with van der Waals surface area (Å²) in [5.41, 5.74) is 11.4. The van der Waals surface area contributed by atoms with Gasteiger partial charge in [0.25, 0.3) is 0 Å². The van der Waals surface area contributed by atoms with Gasteiger partial charge in [0.2, 0.25) is 53.2 Å². The summed E-state index contributed by atoms with van der Waals surface area (Å²) in [5, 5.41) is 26.0. The summed E-state index contributed by atoms with van der Waals surface area (Å²) in [7, 11) is 0. The molecule has 0 unspecified atom stereocenters. The zero-order chi connectivity index (χ0) is 43.4. The Labute approximate surface area is 330 Å². The van der Waals surface area contributed by atoms with Gasteiger partial charge in [0.15, 0.2) is 0 Å². The van der Waals surface area contributed by atoms with Gasteiger partial charge >= 0.3 is 5.97 Å². The molecule has 57 heavy (non-hydrogen) atoms. The molecule has 0 aliphatic carbocycles. The first-order chi connectivity index (χ1) is 26.7. The average Bonchev–Trinajstić information content (AvgIpc) is 3.14. The van der Waals surface area contributed by atoms with Crippen molar-refractivity contribution in [3.05, 3.63) is 48.0 Å². The zero-order valence-corrected chi connectivity index (χ0v) is 32.9. The molecule has 0 aliphatic heterocycles. The second-order valence-electron chi connectivity index (χ2n) is 13.9. The third-order valence-electron chi connectivity index (χ3n) is 8.52. The minimum absolute atomic E-state index is 0.0104. The Bertz CT molecular complexity index is 1650. The maximum atomic E-state index is 13.5. The van der Waals surface area contributed by atoms with Crippen LogP contribution in [0.5, 0.6) is 0 Å². The molecule has 0 spiro atoms. The standard InChI is InChI=1S/C37H55N9O11/c1-7-21(6)32(36(55)45-31(20(4)5)35(54)44-30(19(2)3)33(39)52)46-34(53)23(16-25(38)47)42-27(49)14-13-26(48)40-17-28(50)41-18-29(51)43-24(37(56)57)15-22-11-9-8-10-12-22/h8-14,19-21,23-24,30-32H,7,15-18H2,1-6H3,(H2,38,47)(H2,39,52)(H,40,48)(H,41,50)(H,42,49)(H,43,51)(H,44,54)(H,45,55)(H,46,53)(H,56,57)/b14-13+/t21-,23-,24-,30-,31-,32-/m0/s1. The molecule has 0 bridgehead atoms. The first-order valence-electron chi connectivity index (χ1n) is 18.2. The maximum Gasteiger partial charge on any atom is 0.326 e. The molecule has 20 nitrogen and oxygen atoms in total. The van der Waals surface area contributed by atoms with Crippen LogP contribution < -0.4 is 48.7 Å². The molecule has 0 aliphatic rings. The molecular weight excluding hydrogens is 746 g/mol. The van der Waals surface area contributed by atoms with E-state index < -0.39 is 121 Å². The number of hydrogen-bond acceptors (Lipinski definition) is 10. The van der Waals surface area contributed by atoms with Crippen molar-refractivity contribution in [2.45, 2.75) is 91.0 Å². The fourth-order valence-electron chi connectivity index (χ4n) is 5.09. The molecule has 1 rings (SSSR count). The molecule has 6 atom stereocenters. The average molecular weight is 802 g/mol. The van der Waals surface area contributed by atoms with E-state index in [9.17, 15) is 53.1 Å². The molecule has 0 saturated heterocycles. The summed E-state index contributed by atoms with van der Waals surface area (Å²) in [6.07, 6.45) is 1.13. The highest BCUT2D eigenvalue weighted by molar-refractivity contribution is 6.01. The fourth-order valence-corrected chi connectivity index (χ4v) is 5.09. The van der Waals surface area contributed by atoms with E-state index >= 15 is 0 Å². The van der Waals surface area contributed by atoms with Gasteiger partial charge < -0.3 is 53.8 Å². The number of carbonyl (C=O) groups excluding carboxylic acids is 9. The van der Waals surface area contributed by atoms with Crippen LogP contribution in [-0.2, 0) is 54.4 Å². The molecule has 314 valence electrons. The Morgan fingerprint density at radius 1 is 0.632 bits per heavy atom. The number of amides is 9. The smallest absolute Gasteiger partial charge is 0.326 e. The third-order valence-corrected chi connectivity index (χ3v) is 8.52. The predicted molar refractivity (Wildman–Crippen MR) is 205 cm³/mol. The van der Waals surface area contributed by atoms with E-state index in [-0.39, 0.29) is 12.3 Å². The number of aliphatic carboxylic acids is 1. The van der Waals surface area contributed by atoms with Crippen molar-refractivity contribution >= 4 is 59.1 Å². The van der Waals surface area contributed by atoms with Crippen molar-refractivity contribution in [2.24, 2.45) is 29.2 Å². The van der Waals surface area contributed by atoms with Gasteiger partial charge in [-0.1, -0.05) is 78.3 Å². The van der Waals surface area contributed by atoms with Crippen LogP contribution in [0.15, 0.2) is 42.5 Å². The number of carboxylic acids is 1. The molecule has 1 aromatic rings. The van der Waals surface area contributed by atoms with Crippen molar-refractivity contribution in [3.63, 3.8) is 0 Å². The molecule has 9 amide bonds. The summed E-state index contributed by atoms with van der Waals surface area (Å²) in [5.74, 6) is -10.3. The van der Waals surface area contributed by atoms with Gasteiger partial charge in [-0.2, -0.15) is 0 Å². The van der Waals surface area contributed by atoms with Crippen molar-refractivity contribution in [2.75, 3.05) is 13.1 Å². The monoisotopic (exact) mass is 801 g/mol. The van der Waals surface area contributed by atoms with Crippen LogP contribution in [0, 0.1) is 17.8 Å². The van der Waals surface area contributed by atoms with Gasteiger partial charge in [-0.05, 0) is 23.3 Å². The Hall–Kier alpha value is -6.34. The summed E-state index contributed by atoms with van der Waals surface area (Å²) < 4.78 is 0. The van der Waals surface area contributed by atoms with E-state index in [4.69, 9.17) is 11.5 Å². The van der Waals surface area contributed by atoms with Gasteiger partial charge in [-0.3, -0.25) is 43.2 Å². The van der Waals surface area contributed by atoms with Crippen LogP contribution in [0.4, 0.5) is 0 Å². The molecule has 0 heterocycles. The van der Waals surface area contributed by atoms with E-state index in [1.54, 1.807) is 71.9 Å². The minimum atomic E-state index is -1.60. The topological polar surface area (TPSA) is 327 Å². The van der Waals surface area contributed by atoms with Gasteiger partial charge in [-0.15, -0.1) is 0 Å². The molecule has 0 aromatic heterocycles. The van der Waals surface area contributed by atoms with Crippen molar-refractivity contribution in [1.29, 1.82) is 0 Å². The lowest BCUT2D eigenvalue weighted by molar-refractivity contribution is -0.141. The molecule has 1 aromatic carbocycles. The van der Waals surface area contributed by atoms with E-state index in [2.05, 4.69) is 37.2 Å². The fraction of sp³-hybridized carbons (Fsp3) is 0.514. The van der Waals surface area contributed by atoms with Crippen molar-refractivity contribution in [1.82, 2.24) is 37.2 Å². The van der Waals surface area contributed by atoms with Gasteiger partial charge in [0.05, 0.1) is 19.5 Å². The van der Waals surface area contributed by atoms with E-state index in [0.29, 0.717) is 18.1 Å². The highest BCUT2D eigenvalue weighted by Gasteiger charge is 2.35. The van der Waals surface area contributed by atoms with Crippen LogP contribution in [0.1, 0.15) is 59.9 Å². The van der Waals surface area contributed by atoms with E-state index in [1.807, 2.05) is 0 Å². The zero-order valence-electron chi connectivity index (χ0n) is 32.9. The molecule has 0 saturated carbocycles. The number of nitrogens with two attached hydrogens (primary N) is 2. The lowest BCUT2D eigenvalue weighted by Crippen LogP contribution is -2.61. The van der Waals surface area contributed by atoms with Crippen molar-refractivity contribution < 1.29 is 53.1 Å². The number of carbonyl (C=O) groups is 10. The number of primary amides is 2. The highest BCUT2D eigenvalue weighted by Crippen LogP contribution is 2.12. The number of carboxylic acid groups (broad SMARTS) is 1. The minimum Gasteiger partial charge on any atom is -0.480 e. The Balaban J connectivity index is 2.84. The van der Waals surface area contributed by atoms with Gasteiger partial charge in [-0.25, -0.2) is 4.79 Å². The van der Waals surface area contributed by atoms with Crippen LogP contribution >= 0.6 is 0 Å². The summed E-state index contributed by atoms with van der Waals surface area (Å²) in [6, 6.07) is 2.33. The largest absolute Gasteiger partial charge is 0.480 e.